The van der Waals surface area contributed by atoms with Gasteiger partial charge in [-0.1, -0.05) is 158 Å². The molecule has 2 aromatic heterocycles. The highest BCUT2D eigenvalue weighted by Gasteiger charge is 2.29. The third kappa shape index (κ3) is 4.92. The summed E-state index contributed by atoms with van der Waals surface area (Å²) >= 11 is 1.91. The molecule has 2 heteroatoms. The lowest BCUT2D eigenvalue weighted by molar-refractivity contribution is 0.670. The van der Waals surface area contributed by atoms with E-state index >= 15 is 0 Å². The Balaban J connectivity index is 1.05. The van der Waals surface area contributed by atoms with Gasteiger partial charge >= 0.3 is 0 Å². The summed E-state index contributed by atoms with van der Waals surface area (Å²) in [5.41, 5.74) is 17.7. The molecule has 0 amide bonds. The Labute approximate surface area is 352 Å². The molecule has 0 N–H and O–H groups in total. The smallest absolute Gasteiger partial charge is 0.143 e. The van der Waals surface area contributed by atoms with Gasteiger partial charge in [0.2, 0.25) is 0 Å². The Kier molecular flexibility index (Phi) is 7.50. The van der Waals surface area contributed by atoms with Gasteiger partial charge in [0.05, 0.1) is 0 Å². The van der Waals surface area contributed by atoms with Gasteiger partial charge in [0.15, 0.2) is 0 Å². The first-order valence-electron chi connectivity index (χ1n) is 21.2. The van der Waals surface area contributed by atoms with Crippen LogP contribution in [0.1, 0.15) is 35.1 Å². The average molecular weight is 783 g/mol. The summed E-state index contributed by atoms with van der Waals surface area (Å²) in [4.78, 5) is 0. The molecule has 1 nitrogen and oxygen atoms in total. The van der Waals surface area contributed by atoms with E-state index in [4.69, 9.17) is 4.42 Å². The topological polar surface area (TPSA) is 13.1 Å². The maximum absolute atomic E-state index is 7.16. The predicted octanol–water partition coefficient (Wildman–Crippen LogP) is 16.8. The monoisotopic (exact) mass is 782 g/mol. The van der Waals surface area contributed by atoms with E-state index in [0.717, 1.165) is 53.2 Å². The fourth-order valence-corrected chi connectivity index (χ4v) is 11.9. The van der Waals surface area contributed by atoms with Crippen molar-refractivity contribution >= 4 is 87.1 Å². The van der Waals surface area contributed by atoms with Crippen molar-refractivity contribution in [1.29, 1.82) is 0 Å². The van der Waals surface area contributed by atoms with Crippen molar-refractivity contribution in [3.05, 3.63) is 192 Å². The van der Waals surface area contributed by atoms with Crippen LogP contribution in [0.15, 0.2) is 174 Å². The Morgan fingerprint density at radius 2 is 0.967 bits per heavy atom. The molecule has 0 bridgehead atoms. The van der Waals surface area contributed by atoms with Crippen LogP contribution in [0, 0.1) is 0 Å². The van der Waals surface area contributed by atoms with Gasteiger partial charge in [-0.3, -0.25) is 0 Å². The summed E-state index contributed by atoms with van der Waals surface area (Å²) < 4.78 is 9.87. The summed E-state index contributed by atoms with van der Waals surface area (Å²) in [7, 11) is 0. The van der Waals surface area contributed by atoms with Crippen molar-refractivity contribution in [3.63, 3.8) is 0 Å². The molecule has 60 heavy (non-hydrogen) atoms. The maximum atomic E-state index is 7.16. The second-order valence-corrected chi connectivity index (χ2v) is 17.5. The van der Waals surface area contributed by atoms with Gasteiger partial charge in [-0.25, -0.2) is 0 Å². The van der Waals surface area contributed by atoms with Crippen LogP contribution in [-0.4, -0.2) is 0 Å². The van der Waals surface area contributed by atoms with Gasteiger partial charge in [-0.2, -0.15) is 0 Å². The van der Waals surface area contributed by atoms with E-state index in [-0.39, 0.29) is 0 Å². The van der Waals surface area contributed by atoms with E-state index in [2.05, 4.69) is 182 Å². The highest BCUT2D eigenvalue weighted by Crippen LogP contribution is 2.51. The van der Waals surface area contributed by atoms with Crippen molar-refractivity contribution in [2.45, 2.75) is 25.7 Å². The number of rotatable bonds is 4. The number of para-hydroxylation sites is 1. The number of allylic oxidation sites excluding steroid dienone is 2. The average Bonchev–Trinajstić information content (AvgIpc) is 3.89. The summed E-state index contributed by atoms with van der Waals surface area (Å²) in [6, 6.07) is 58.1. The van der Waals surface area contributed by atoms with Gasteiger partial charge in [0.1, 0.15) is 11.2 Å². The van der Waals surface area contributed by atoms with Crippen LogP contribution in [-0.2, 0) is 12.8 Å². The molecule has 0 saturated heterocycles. The first-order valence-corrected chi connectivity index (χ1v) is 22.0. The highest BCUT2D eigenvalue weighted by molar-refractivity contribution is 7.25. The molecule has 0 fully saturated rings. The van der Waals surface area contributed by atoms with E-state index in [0.29, 0.717) is 0 Å². The minimum atomic E-state index is 0.914. The number of hydrogen-bond donors (Lipinski definition) is 0. The second kappa shape index (κ2) is 13.3. The van der Waals surface area contributed by atoms with Gasteiger partial charge in [-0.05, 0) is 127 Å². The lowest BCUT2D eigenvalue weighted by Crippen LogP contribution is -2.09. The van der Waals surface area contributed by atoms with Crippen LogP contribution in [0.2, 0.25) is 0 Å². The van der Waals surface area contributed by atoms with E-state index in [9.17, 15) is 0 Å². The van der Waals surface area contributed by atoms with Crippen molar-refractivity contribution in [3.8, 4) is 44.5 Å². The van der Waals surface area contributed by atoms with Gasteiger partial charge in [0.25, 0.3) is 0 Å². The molecule has 0 saturated carbocycles. The lowest BCUT2D eigenvalue weighted by Gasteiger charge is -2.28. The van der Waals surface area contributed by atoms with Crippen LogP contribution in [0.4, 0.5) is 0 Å². The van der Waals surface area contributed by atoms with Crippen molar-refractivity contribution in [1.82, 2.24) is 0 Å². The third-order valence-electron chi connectivity index (χ3n) is 13.2. The molecule has 9 aromatic carbocycles. The molecule has 0 atom stereocenters. The van der Waals surface area contributed by atoms with E-state index < -0.39 is 0 Å². The number of furan rings is 1. The Bertz CT molecular complexity index is 3550. The summed E-state index contributed by atoms with van der Waals surface area (Å²) in [5, 5.41) is 10.1. The molecule has 0 unspecified atom stereocenters. The first-order chi connectivity index (χ1) is 29.8. The van der Waals surface area contributed by atoms with Gasteiger partial charge in [-0.15, -0.1) is 11.3 Å². The van der Waals surface area contributed by atoms with Crippen LogP contribution in [0.5, 0.6) is 0 Å². The number of benzene rings is 9. The molecule has 282 valence electrons. The SMILES string of the molecule is C1=Cc2c(c(-c3cccc4sc5ccccc5c34)c3c(c2-c2cccc4c2oc2cc(-c5c6ccccc6c(-c6ccccc6)c6ccccc56)ccc24)C=CCC3)CC1. The first kappa shape index (κ1) is 33.9. The third-order valence-corrected chi connectivity index (χ3v) is 14.3. The minimum absolute atomic E-state index is 0.914. The standard InChI is InChI=1S/C58H38OS/c1-2-16-35(17-3-1)53-38-18-4-6-20-40(38)54(41-21-7-5-19-39(41)53)36-32-33-37-46-27-14-29-49(58(46)59-50(37)34-36)56-44-24-10-8-22-42(44)55(43-23-9-11-25-45(43)56)48-28-15-31-52-57(48)47-26-12-13-30-51(47)60-52/h1-7,10-21,24-34H,8-9,22-23H2. The molecule has 2 aliphatic rings. The quantitative estimate of drug-likeness (QED) is 0.162. The van der Waals surface area contributed by atoms with E-state index in [1.165, 1.54) is 103 Å². The Morgan fingerprint density at radius 1 is 0.400 bits per heavy atom. The van der Waals surface area contributed by atoms with Crippen LogP contribution >= 0.6 is 11.3 Å². The van der Waals surface area contributed by atoms with Crippen LogP contribution in [0.25, 0.3) is 120 Å². The molecular formula is C58H38OS. The molecule has 2 heterocycles. The minimum Gasteiger partial charge on any atom is -0.455 e. The molecule has 0 aliphatic heterocycles. The zero-order valence-electron chi connectivity index (χ0n) is 33.0. The fraction of sp³-hybridized carbons (Fsp3) is 0.0690. The molecule has 11 aromatic rings. The largest absolute Gasteiger partial charge is 0.455 e. The molecular weight excluding hydrogens is 745 g/mol. The Hall–Kier alpha value is -7.00. The second-order valence-electron chi connectivity index (χ2n) is 16.4. The number of fused-ring (bicyclic) bond motifs is 10. The molecule has 0 radical (unpaired) electrons. The molecule has 13 rings (SSSR count). The zero-order chi connectivity index (χ0) is 39.3. The van der Waals surface area contributed by atoms with Gasteiger partial charge in [0, 0.05) is 42.1 Å². The lowest BCUT2D eigenvalue weighted by atomic mass is 9.75. The molecule has 2 aliphatic carbocycles. The summed E-state index contributed by atoms with van der Waals surface area (Å²) in [6.07, 6.45) is 13.7. The van der Waals surface area contributed by atoms with E-state index in [1.807, 2.05) is 11.3 Å². The number of thiophene rings is 1. The van der Waals surface area contributed by atoms with E-state index in [1.54, 1.807) is 0 Å². The van der Waals surface area contributed by atoms with Crippen molar-refractivity contribution in [2.75, 3.05) is 0 Å². The van der Waals surface area contributed by atoms with Gasteiger partial charge < -0.3 is 4.42 Å². The fourth-order valence-electron chi connectivity index (χ4n) is 10.7. The van der Waals surface area contributed by atoms with Crippen LogP contribution < -0.4 is 0 Å². The summed E-state index contributed by atoms with van der Waals surface area (Å²) in [5.74, 6) is 0. The van der Waals surface area contributed by atoms with Crippen molar-refractivity contribution in [2.24, 2.45) is 0 Å². The normalized spacial score (nSPS) is 13.6. The Morgan fingerprint density at radius 3 is 1.67 bits per heavy atom. The maximum Gasteiger partial charge on any atom is 0.143 e. The van der Waals surface area contributed by atoms with Crippen LogP contribution in [0.3, 0.4) is 0 Å². The summed E-state index contributed by atoms with van der Waals surface area (Å²) in [6.45, 7) is 0. The van der Waals surface area contributed by atoms with Crippen molar-refractivity contribution < 1.29 is 4.42 Å². The highest BCUT2D eigenvalue weighted by atomic mass is 32.1. The predicted molar refractivity (Wildman–Crippen MR) is 258 cm³/mol. The number of hydrogen-bond acceptors (Lipinski definition) is 2. The molecule has 0 spiro atoms. The zero-order valence-corrected chi connectivity index (χ0v) is 33.8.